The molecule has 160 valence electrons. The van der Waals surface area contributed by atoms with Crippen molar-refractivity contribution >= 4 is 45.6 Å². The minimum Gasteiger partial charge on any atom is -0.548 e. The van der Waals surface area contributed by atoms with Crippen molar-refractivity contribution in [3.63, 3.8) is 0 Å². The molecule has 0 aliphatic heterocycles. The van der Waals surface area contributed by atoms with Crippen LogP contribution in [-0.4, -0.2) is 29.9 Å². The van der Waals surface area contributed by atoms with Crippen LogP contribution >= 0.6 is 11.8 Å². The van der Waals surface area contributed by atoms with E-state index < -0.39 is 23.5 Å². The number of hydrogen-bond donors (Lipinski definition) is 1. The van der Waals surface area contributed by atoms with Crippen LogP contribution in [0.2, 0.25) is 0 Å². The molecule has 2 heterocycles. The third-order valence-corrected chi connectivity index (χ3v) is 6.06. The lowest BCUT2D eigenvalue weighted by molar-refractivity contribution is -0.308. The zero-order chi connectivity index (χ0) is 22.0. The smallest absolute Gasteiger partial charge is 0.339 e. The second-order valence-electron chi connectivity index (χ2n) is 7.34. The molecule has 0 spiro atoms. The normalized spacial score (nSPS) is 12.4. The van der Waals surface area contributed by atoms with E-state index in [0.29, 0.717) is 22.5 Å². The van der Waals surface area contributed by atoms with Gasteiger partial charge in [0.15, 0.2) is 0 Å². The van der Waals surface area contributed by atoms with E-state index in [1.807, 2.05) is 33.1 Å². The van der Waals surface area contributed by atoms with Gasteiger partial charge in [0.05, 0.1) is 12.0 Å². The number of benzene rings is 1. The lowest BCUT2D eigenvalue weighted by Crippen LogP contribution is -2.48. The van der Waals surface area contributed by atoms with Crippen molar-refractivity contribution in [1.29, 1.82) is 0 Å². The maximum atomic E-state index is 12.5. The van der Waals surface area contributed by atoms with Crippen LogP contribution in [0.4, 0.5) is 0 Å². The van der Waals surface area contributed by atoms with Gasteiger partial charge >= 0.3 is 5.63 Å². The third kappa shape index (κ3) is 4.38. The predicted molar refractivity (Wildman–Crippen MR) is 115 cm³/mol. The maximum Gasteiger partial charge on any atom is 0.339 e. The van der Waals surface area contributed by atoms with Crippen LogP contribution in [0, 0.1) is 20.8 Å². The van der Waals surface area contributed by atoms with Crippen LogP contribution in [-0.2, 0) is 16.0 Å². The third-order valence-electron chi connectivity index (χ3n) is 5.42. The molecule has 0 radical (unpaired) electrons. The number of fused-ring (bicyclic) bond motifs is 2. The number of aliphatic carboxylic acids is 1. The highest BCUT2D eigenvalue weighted by Gasteiger charge is 2.18. The second kappa shape index (κ2) is 8.95. The SMILES string of the molecule is CSCC[C@H](NC(=O)CCc1c(C)c2cc3c(C)c(C)oc3cc2oc1=O)C(=O)[O-]. The topological polar surface area (TPSA) is 113 Å². The summed E-state index contributed by atoms with van der Waals surface area (Å²) in [5.74, 6) is -0.357. The predicted octanol–water partition coefficient (Wildman–Crippen LogP) is 2.38. The van der Waals surface area contributed by atoms with E-state index >= 15 is 0 Å². The highest BCUT2D eigenvalue weighted by molar-refractivity contribution is 7.98. The molecular formula is C22H24NO6S-. The summed E-state index contributed by atoms with van der Waals surface area (Å²) in [6, 6.07) is 2.61. The Hall–Kier alpha value is -2.74. The lowest BCUT2D eigenvalue weighted by atomic mass is 10.00. The highest BCUT2D eigenvalue weighted by Crippen LogP contribution is 2.31. The average molecular weight is 431 g/mol. The number of hydrogen-bond acceptors (Lipinski definition) is 7. The van der Waals surface area contributed by atoms with Crippen LogP contribution in [0.3, 0.4) is 0 Å². The first-order valence-corrected chi connectivity index (χ1v) is 11.1. The van der Waals surface area contributed by atoms with Crippen molar-refractivity contribution in [2.75, 3.05) is 12.0 Å². The molecule has 2 aromatic heterocycles. The van der Waals surface area contributed by atoms with Gasteiger partial charge in [-0.25, -0.2) is 4.79 Å². The number of carboxylic acids is 1. The highest BCUT2D eigenvalue weighted by atomic mass is 32.2. The number of carbonyl (C=O) groups excluding carboxylic acids is 2. The van der Waals surface area contributed by atoms with Gasteiger partial charge < -0.3 is 24.1 Å². The van der Waals surface area contributed by atoms with E-state index in [4.69, 9.17) is 8.83 Å². The molecular weight excluding hydrogens is 406 g/mol. The Morgan fingerprint density at radius 2 is 1.77 bits per heavy atom. The van der Waals surface area contributed by atoms with E-state index in [0.717, 1.165) is 27.7 Å². The van der Waals surface area contributed by atoms with Crippen LogP contribution in [0.25, 0.3) is 21.9 Å². The first-order valence-electron chi connectivity index (χ1n) is 9.68. The summed E-state index contributed by atoms with van der Waals surface area (Å²) in [7, 11) is 0. The molecule has 1 amide bonds. The molecule has 3 rings (SSSR count). The molecule has 3 aromatic rings. The number of amides is 1. The van der Waals surface area contributed by atoms with Gasteiger partial charge in [-0.15, -0.1) is 0 Å². The van der Waals surface area contributed by atoms with Gasteiger partial charge in [-0.05, 0) is 62.8 Å². The van der Waals surface area contributed by atoms with E-state index in [1.54, 1.807) is 6.07 Å². The second-order valence-corrected chi connectivity index (χ2v) is 8.33. The number of thioether (sulfide) groups is 1. The van der Waals surface area contributed by atoms with Crippen LogP contribution < -0.4 is 16.0 Å². The molecule has 0 fully saturated rings. The van der Waals surface area contributed by atoms with Gasteiger partial charge in [0.2, 0.25) is 5.91 Å². The maximum absolute atomic E-state index is 12.5. The number of nitrogens with one attached hydrogen (secondary N) is 1. The largest absolute Gasteiger partial charge is 0.548 e. The number of carboxylic acid groups (broad SMARTS) is 1. The molecule has 0 aliphatic rings. The van der Waals surface area contributed by atoms with Crippen molar-refractivity contribution < 1.29 is 23.5 Å². The molecule has 1 N–H and O–H groups in total. The molecule has 1 atom stereocenters. The van der Waals surface area contributed by atoms with E-state index in [1.165, 1.54) is 11.8 Å². The Balaban J connectivity index is 1.84. The van der Waals surface area contributed by atoms with Gasteiger partial charge in [-0.2, -0.15) is 11.8 Å². The molecule has 7 nitrogen and oxygen atoms in total. The zero-order valence-electron chi connectivity index (χ0n) is 17.4. The van der Waals surface area contributed by atoms with E-state index in [2.05, 4.69) is 5.32 Å². The van der Waals surface area contributed by atoms with Crippen LogP contribution in [0.15, 0.2) is 25.8 Å². The molecule has 30 heavy (non-hydrogen) atoms. The molecule has 0 unspecified atom stereocenters. The van der Waals surface area contributed by atoms with Gasteiger partial charge in [0, 0.05) is 28.8 Å². The average Bonchev–Trinajstić information content (AvgIpc) is 2.96. The Morgan fingerprint density at radius 3 is 2.43 bits per heavy atom. The Kier molecular flexibility index (Phi) is 6.55. The zero-order valence-corrected chi connectivity index (χ0v) is 18.2. The van der Waals surface area contributed by atoms with Crippen molar-refractivity contribution in [3.05, 3.63) is 45.0 Å². The Labute approximate surface area is 177 Å². The van der Waals surface area contributed by atoms with Crippen molar-refractivity contribution in [2.24, 2.45) is 0 Å². The van der Waals surface area contributed by atoms with Crippen LogP contribution in [0.5, 0.6) is 0 Å². The van der Waals surface area contributed by atoms with Gasteiger partial charge in [-0.1, -0.05) is 0 Å². The summed E-state index contributed by atoms with van der Waals surface area (Å²) in [5, 5.41) is 15.4. The van der Waals surface area contributed by atoms with E-state index in [9.17, 15) is 19.5 Å². The fourth-order valence-corrected chi connectivity index (χ4v) is 3.98. The summed E-state index contributed by atoms with van der Waals surface area (Å²) < 4.78 is 11.2. The minimum absolute atomic E-state index is 0.0216. The fraction of sp³-hybridized carbons (Fsp3) is 0.409. The van der Waals surface area contributed by atoms with Crippen molar-refractivity contribution in [1.82, 2.24) is 5.32 Å². The summed E-state index contributed by atoms with van der Waals surface area (Å²) in [5.41, 5.74) is 2.76. The van der Waals surface area contributed by atoms with Gasteiger partial charge in [-0.3, -0.25) is 4.79 Å². The summed E-state index contributed by atoms with van der Waals surface area (Å²) in [4.78, 5) is 36.0. The first-order chi connectivity index (χ1) is 14.2. The number of carbonyl (C=O) groups is 2. The van der Waals surface area contributed by atoms with E-state index in [-0.39, 0.29) is 19.3 Å². The minimum atomic E-state index is -1.31. The van der Waals surface area contributed by atoms with Gasteiger partial charge in [0.1, 0.15) is 16.9 Å². The lowest BCUT2D eigenvalue weighted by Gasteiger charge is -2.19. The number of rotatable bonds is 8. The summed E-state index contributed by atoms with van der Waals surface area (Å²) in [6.45, 7) is 5.67. The molecule has 0 saturated heterocycles. The first kappa shape index (κ1) is 22.0. The molecule has 8 heteroatoms. The molecule has 1 aromatic carbocycles. The van der Waals surface area contributed by atoms with Crippen molar-refractivity contribution in [2.45, 2.75) is 46.1 Å². The number of aryl methyl sites for hydroxylation is 3. The molecule has 0 bridgehead atoms. The quantitative estimate of drug-likeness (QED) is 0.546. The summed E-state index contributed by atoms with van der Waals surface area (Å²) >= 11 is 1.49. The van der Waals surface area contributed by atoms with Crippen LogP contribution in [0.1, 0.15) is 35.3 Å². The standard InChI is InChI=1S/C22H25NO6S/c1-11-13(3)28-18-10-19-16(9-15(11)18)12(2)14(22(27)29-19)5-6-20(24)23-17(21(25)26)7-8-30-4/h9-10,17H,5-8H2,1-4H3,(H,23,24)(H,25,26)/p-1/t17-/m0/s1. The van der Waals surface area contributed by atoms with Crippen molar-refractivity contribution in [3.8, 4) is 0 Å². The monoisotopic (exact) mass is 430 g/mol. The molecule has 0 saturated carbocycles. The van der Waals surface area contributed by atoms with Gasteiger partial charge in [0.25, 0.3) is 0 Å². The molecule has 0 aliphatic carbocycles. The Bertz CT molecular complexity index is 1180. The summed E-state index contributed by atoms with van der Waals surface area (Å²) in [6.07, 6.45) is 2.27. The Morgan fingerprint density at radius 1 is 1.10 bits per heavy atom. The fourth-order valence-electron chi connectivity index (χ4n) is 3.50. The number of furan rings is 1.